The standard InChI is InChI=1S/C19H22O5/c1-23-17-10-13(7-8-15(17)20)19-18(22)16(21)11-14(24-19)9-12-5-3-2-4-6-12/h7-12,15,20-21H,2-6H2,1H3/b14-9+,19-13-. The first kappa shape index (κ1) is 16.6. The molecule has 1 aromatic rings. The summed E-state index contributed by atoms with van der Waals surface area (Å²) in [5.41, 5.74) is 0.443. The van der Waals surface area contributed by atoms with E-state index in [1.54, 1.807) is 12.2 Å². The fourth-order valence-corrected chi connectivity index (χ4v) is 3.21. The maximum absolute atomic E-state index is 12.2. The lowest BCUT2D eigenvalue weighted by atomic mass is 9.89. The highest BCUT2D eigenvalue weighted by Gasteiger charge is 2.16. The second kappa shape index (κ2) is 7.09. The first-order valence-corrected chi connectivity index (χ1v) is 8.29. The minimum atomic E-state index is -0.848. The van der Waals surface area contributed by atoms with Crippen LogP contribution < -0.4 is 16.3 Å². The summed E-state index contributed by atoms with van der Waals surface area (Å²) in [6, 6.07) is 1.38. The van der Waals surface area contributed by atoms with Crippen LogP contribution in [0.15, 0.2) is 39.3 Å². The first-order chi connectivity index (χ1) is 11.6. The van der Waals surface area contributed by atoms with Crippen molar-refractivity contribution < 1.29 is 19.4 Å². The van der Waals surface area contributed by atoms with Crippen LogP contribution >= 0.6 is 0 Å². The van der Waals surface area contributed by atoms with E-state index in [-0.39, 0.29) is 11.2 Å². The normalized spacial score (nSPS) is 24.8. The molecule has 0 amide bonds. The minimum Gasteiger partial charge on any atom is -0.504 e. The molecule has 1 unspecified atom stereocenters. The molecule has 3 rings (SSSR count). The van der Waals surface area contributed by atoms with Gasteiger partial charge in [0, 0.05) is 11.6 Å². The summed E-state index contributed by atoms with van der Waals surface area (Å²) in [6.07, 6.45) is 11.6. The summed E-state index contributed by atoms with van der Waals surface area (Å²) in [6.45, 7) is 0. The van der Waals surface area contributed by atoms with E-state index in [0.717, 1.165) is 12.8 Å². The van der Waals surface area contributed by atoms with Crippen molar-refractivity contribution in [1.82, 2.24) is 0 Å². The highest BCUT2D eigenvalue weighted by Crippen LogP contribution is 2.24. The third-order valence-corrected chi connectivity index (χ3v) is 4.53. The van der Waals surface area contributed by atoms with Crippen LogP contribution in [0.4, 0.5) is 0 Å². The molecular formula is C19H22O5. The van der Waals surface area contributed by atoms with Gasteiger partial charge in [0.1, 0.15) is 17.3 Å². The van der Waals surface area contributed by atoms with Crippen molar-refractivity contribution in [1.29, 1.82) is 0 Å². The fraction of sp³-hybridized carbons (Fsp3) is 0.421. The monoisotopic (exact) mass is 330 g/mol. The number of aliphatic hydroxyl groups is 1. The maximum atomic E-state index is 12.2. The van der Waals surface area contributed by atoms with Crippen molar-refractivity contribution in [2.75, 3.05) is 7.11 Å². The number of allylic oxidation sites excluding steroid dienone is 2. The average Bonchev–Trinajstić information content (AvgIpc) is 2.59. The summed E-state index contributed by atoms with van der Waals surface area (Å²) in [5, 5.41) is 19.8. The summed E-state index contributed by atoms with van der Waals surface area (Å²) in [5.74, 6) is 0.395. The lowest BCUT2D eigenvalue weighted by Crippen LogP contribution is -2.31. The van der Waals surface area contributed by atoms with E-state index in [1.165, 1.54) is 38.5 Å². The highest BCUT2D eigenvalue weighted by molar-refractivity contribution is 5.68. The number of aromatic hydroxyl groups is 1. The van der Waals surface area contributed by atoms with E-state index in [4.69, 9.17) is 9.15 Å². The number of methoxy groups -OCH3 is 1. The van der Waals surface area contributed by atoms with Gasteiger partial charge in [-0.2, -0.15) is 0 Å². The Morgan fingerprint density at radius 2 is 2.04 bits per heavy atom. The molecule has 1 fully saturated rings. The van der Waals surface area contributed by atoms with Gasteiger partial charge in [-0.3, -0.25) is 4.79 Å². The van der Waals surface area contributed by atoms with Crippen LogP contribution in [0.1, 0.15) is 32.1 Å². The summed E-state index contributed by atoms with van der Waals surface area (Å²) in [4.78, 5) is 12.2. The van der Waals surface area contributed by atoms with Crippen LogP contribution in [0, 0.1) is 5.92 Å². The number of rotatable bonds is 2. The molecule has 0 radical (unpaired) electrons. The van der Waals surface area contributed by atoms with Crippen molar-refractivity contribution in [3.8, 4) is 5.75 Å². The zero-order valence-electron chi connectivity index (χ0n) is 13.7. The predicted octanol–water partition coefficient (Wildman–Crippen LogP) is 1.32. The quantitative estimate of drug-likeness (QED) is 0.855. The van der Waals surface area contributed by atoms with E-state index >= 15 is 0 Å². The summed E-state index contributed by atoms with van der Waals surface area (Å²) in [7, 11) is 1.45. The molecule has 1 aromatic heterocycles. The lowest BCUT2D eigenvalue weighted by molar-refractivity contribution is 0.160. The minimum absolute atomic E-state index is 0.0507. The van der Waals surface area contributed by atoms with Gasteiger partial charge in [-0.1, -0.05) is 25.3 Å². The largest absolute Gasteiger partial charge is 0.504 e. The van der Waals surface area contributed by atoms with Gasteiger partial charge in [-0.15, -0.1) is 0 Å². The van der Waals surface area contributed by atoms with Gasteiger partial charge in [-0.05, 0) is 37.0 Å². The van der Waals surface area contributed by atoms with Gasteiger partial charge in [0.25, 0.3) is 5.43 Å². The first-order valence-electron chi connectivity index (χ1n) is 8.29. The van der Waals surface area contributed by atoms with E-state index < -0.39 is 11.5 Å². The molecule has 1 atom stereocenters. The van der Waals surface area contributed by atoms with Crippen molar-refractivity contribution in [3.63, 3.8) is 0 Å². The molecule has 5 heteroatoms. The molecule has 24 heavy (non-hydrogen) atoms. The number of ether oxygens (including phenoxy) is 1. The number of hydrogen-bond donors (Lipinski definition) is 2. The number of hydrogen-bond acceptors (Lipinski definition) is 5. The van der Waals surface area contributed by atoms with E-state index in [9.17, 15) is 15.0 Å². The Morgan fingerprint density at radius 3 is 2.75 bits per heavy atom. The molecule has 0 aliphatic heterocycles. The van der Waals surface area contributed by atoms with Crippen LogP contribution in [0.3, 0.4) is 0 Å². The molecule has 2 aliphatic rings. The van der Waals surface area contributed by atoms with Crippen LogP contribution in [-0.4, -0.2) is 23.4 Å². The van der Waals surface area contributed by atoms with E-state index in [2.05, 4.69) is 0 Å². The van der Waals surface area contributed by atoms with Crippen LogP contribution in [0.25, 0.3) is 11.6 Å². The second-order valence-corrected chi connectivity index (χ2v) is 6.27. The molecule has 0 bridgehead atoms. The van der Waals surface area contributed by atoms with Crippen LogP contribution in [-0.2, 0) is 4.74 Å². The molecule has 0 aromatic carbocycles. The van der Waals surface area contributed by atoms with Crippen LogP contribution in [0.5, 0.6) is 5.75 Å². The Hall–Kier alpha value is -2.27. The van der Waals surface area contributed by atoms with Gasteiger partial charge in [0.05, 0.1) is 7.11 Å². The Kier molecular flexibility index (Phi) is 4.90. The fourth-order valence-electron chi connectivity index (χ4n) is 3.21. The molecule has 0 saturated heterocycles. The van der Waals surface area contributed by atoms with Crippen molar-refractivity contribution in [3.05, 3.63) is 51.1 Å². The molecule has 2 N–H and O–H groups in total. The molecule has 128 valence electrons. The van der Waals surface area contributed by atoms with E-state index in [1.807, 2.05) is 6.08 Å². The van der Waals surface area contributed by atoms with Crippen molar-refractivity contribution >= 4 is 11.6 Å². The molecule has 0 spiro atoms. The summed E-state index contributed by atoms with van der Waals surface area (Å²) >= 11 is 0. The van der Waals surface area contributed by atoms with Gasteiger partial charge in [0.15, 0.2) is 11.2 Å². The second-order valence-electron chi connectivity index (χ2n) is 6.27. The van der Waals surface area contributed by atoms with Crippen molar-refractivity contribution in [2.45, 2.75) is 38.2 Å². The zero-order valence-corrected chi connectivity index (χ0v) is 13.7. The van der Waals surface area contributed by atoms with Crippen LogP contribution in [0.2, 0.25) is 0 Å². The Morgan fingerprint density at radius 1 is 1.29 bits per heavy atom. The Balaban J connectivity index is 2.13. The number of aliphatic hydroxyl groups excluding tert-OH is 1. The van der Waals surface area contributed by atoms with Crippen molar-refractivity contribution in [2.24, 2.45) is 5.92 Å². The van der Waals surface area contributed by atoms with Gasteiger partial charge >= 0.3 is 0 Å². The molecule has 1 saturated carbocycles. The zero-order chi connectivity index (χ0) is 17.1. The van der Waals surface area contributed by atoms with Gasteiger partial charge in [0.2, 0.25) is 0 Å². The third kappa shape index (κ3) is 3.46. The molecular weight excluding hydrogens is 308 g/mol. The highest BCUT2D eigenvalue weighted by atomic mass is 16.5. The van der Waals surface area contributed by atoms with E-state index in [0.29, 0.717) is 22.7 Å². The molecule has 2 aliphatic carbocycles. The smallest absolute Gasteiger partial charge is 0.263 e. The van der Waals surface area contributed by atoms with Gasteiger partial charge in [-0.25, -0.2) is 0 Å². The summed E-state index contributed by atoms with van der Waals surface area (Å²) < 4.78 is 10.9. The third-order valence-electron chi connectivity index (χ3n) is 4.53. The molecule has 1 heterocycles. The topological polar surface area (TPSA) is 79.9 Å². The Bertz CT molecular complexity index is 837. The molecule has 5 nitrogen and oxygen atoms in total. The Labute approximate surface area is 139 Å². The maximum Gasteiger partial charge on any atom is 0.263 e. The van der Waals surface area contributed by atoms with Gasteiger partial charge < -0.3 is 19.4 Å². The lowest BCUT2D eigenvalue weighted by Gasteiger charge is -2.17. The average molecular weight is 330 g/mol. The SMILES string of the molecule is COC1=C/C(=c2\o/c(=C/C3CCCCC3)cc(O)c2=O)C=CC1O. The predicted molar refractivity (Wildman–Crippen MR) is 90.6 cm³/mol.